The van der Waals surface area contributed by atoms with Gasteiger partial charge in [-0.3, -0.25) is 4.79 Å². The number of aromatic nitrogens is 3. The molecule has 0 saturated carbocycles. The van der Waals surface area contributed by atoms with Crippen LogP contribution in [0, 0.1) is 0 Å². The molecule has 4 nitrogen and oxygen atoms in total. The van der Waals surface area contributed by atoms with Gasteiger partial charge >= 0.3 is 0 Å². The second kappa shape index (κ2) is 3.15. The van der Waals surface area contributed by atoms with E-state index < -0.39 is 0 Å². The summed E-state index contributed by atoms with van der Waals surface area (Å²) in [4.78, 5) is 14.9. The van der Waals surface area contributed by atoms with Crippen LogP contribution in [0.2, 0.25) is 0 Å². The van der Waals surface area contributed by atoms with Crippen LogP contribution >= 0.6 is 0 Å². The third-order valence-corrected chi connectivity index (χ3v) is 2.38. The first kappa shape index (κ1) is 9.83. The fourth-order valence-corrected chi connectivity index (χ4v) is 1.36. The molecular weight excluding hydrogens is 190 g/mol. The molecule has 2 heterocycles. The first-order valence-electron chi connectivity index (χ1n) is 4.81. The molecule has 0 fully saturated rings. The molecule has 0 atom stereocenters. The Hall–Kier alpha value is -1.71. The highest BCUT2D eigenvalue weighted by atomic mass is 16.1. The summed E-state index contributed by atoms with van der Waals surface area (Å²) in [6.45, 7) is 6.33. The van der Waals surface area contributed by atoms with Gasteiger partial charge in [0.25, 0.3) is 0 Å². The van der Waals surface area contributed by atoms with Crippen LogP contribution in [0.4, 0.5) is 0 Å². The summed E-state index contributed by atoms with van der Waals surface area (Å²) in [7, 11) is 0. The van der Waals surface area contributed by atoms with Gasteiger partial charge in [-0.1, -0.05) is 20.8 Å². The molecule has 2 aromatic rings. The predicted octanol–water partition coefficient (Wildman–Crippen LogP) is 1.84. The fourth-order valence-electron chi connectivity index (χ4n) is 1.36. The summed E-state index contributed by atoms with van der Waals surface area (Å²) in [6.07, 6.45) is 6.01. The van der Waals surface area contributed by atoms with Crippen molar-refractivity contribution >= 4 is 11.9 Å². The molecule has 2 aromatic heterocycles. The van der Waals surface area contributed by atoms with Gasteiger partial charge in [-0.05, 0) is 11.0 Å². The standard InChI is InChI=1S/C11H13N3O/c1-11(2,3)9-5-12-10-8(7-15)4-13-14(10)6-9/h4-7H,1-3H3. The van der Waals surface area contributed by atoms with Crippen molar-refractivity contribution in [2.24, 2.45) is 0 Å². The van der Waals surface area contributed by atoms with E-state index in [-0.39, 0.29) is 5.41 Å². The summed E-state index contributed by atoms with van der Waals surface area (Å²) in [5.74, 6) is 0. The van der Waals surface area contributed by atoms with Crippen LogP contribution in [-0.4, -0.2) is 20.9 Å². The van der Waals surface area contributed by atoms with Crippen LogP contribution in [0.3, 0.4) is 0 Å². The molecule has 0 aliphatic heterocycles. The van der Waals surface area contributed by atoms with Gasteiger partial charge in [-0.15, -0.1) is 0 Å². The average molecular weight is 203 g/mol. The molecule has 0 spiro atoms. The molecule has 0 aliphatic rings. The molecule has 0 aliphatic carbocycles. The Bertz CT molecular complexity index is 508. The zero-order chi connectivity index (χ0) is 11.1. The molecule has 0 radical (unpaired) electrons. The predicted molar refractivity (Wildman–Crippen MR) is 57.1 cm³/mol. The minimum atomic E-state index is 0.0362. The molecule has 78 valence electrons. The van der Waals surface area contributed by atoms with E-state index in [2.05, 4.69) is 30.9 Å². The smallest absolute Gasteiger partial charge is 0.165 e. The van der Waals surface area contributed by atoms with Gasteiger partial charge < -0.3 is 0 Å². The number of fused-ring (bicyclic) bond motifs is 1. The number of hydrogen-bond acceptors (Lipinski definition) is 3. The lowest BCUT2D eigenvalue weighted by Gasteiger charge is -2.17. The van der Waals surface area contributed by atoms with Gasteiger partial charge in [-0.25, -0.2) is 9.50 Å². The van der Waals surface area contributed by atoms with Crippen LogP contribution in [0.15, 0.2) is 18.6 Å². The van der Waals surface area contributed by atoms with Gasteiger partial charge in [0.2, 0.25) is 0 Å². The minimum absolute atomic E-state index is 0.0362. The van der Waals surface area contributed by atoms with Crippen molar-refractivity contribution in [2.45, 2.75) is 26.2 Å². The van der Waals surface area contributed by atoms with Crippen LogP contribution in [0.1, 0.15) is 36.7 Å². The molecule has 2 rings (SSSR count). The SMILES string of the molecule is CC(C)(C)c1cnc2c(C=O)cnn2c1. The molecular formula is C11H13N3O. The summed E-state index contributed by atoms with van der Waals surface area (Å²) >= 11 is 0. The van der Waals surface area contributed by atoms with Crippen molar-refractivity contribution in [1.29, 1.82) is 0 Å². The van der Waals surface area contributed by atoms with E-state index in [1.165, 1.54) is 6.20 Å². The average Bonchev–Trinajstić information content (AvgIpc) is 2.58. The van der Waals surface area contributed by atoms with Gasteiger partial charge in [0.05, 0.1) is 11.8 Å². The number of aldehydes is 1. The first-order valence-corrected chi connectivity index (χ1v) is 4.81. The van der Waals surface area contributed by atoms with Crippen molar-refractivity contribution in [3.63, 3.8) is 0 Å². The Labute approximate surface area is 87.9 Å². The molecule has 0 bridgehead atoms. The van der Waals surface area contributed by atoms with E-state index in [4.69, 9.17) is 0 Å². The lowest BCUT2D eigenvalue weighted by molar-refractivity contribution is 0.112. The van der Waals surface area contributed by atoms with E-state index in [9.17, 15) is 4.79 Å². The lowest BCUT2D eigenvalue weighted by atomic mass is 9.89. The summed E-state index contributed by atoms with van der Waals surface area (Å²) in [5.41, 5.74) is 2.26. The van der Waals surface area contributed by atoms with Crippen LogP contribution < -0.4 is 0 Å². The van der Waals surface area contributed by atoms with E-state index in [0.717, 1.165) is 11.8 Å². The fraction of sp³-hybridized carbons (Fsp3) is 0.364. The van der Waals surface area contributed by atoms with Crippen LogP contribution in [0.5, 0.6) is 0 Å². The van der Waals surface area contributed by atoms with Crippen molar-refractivity contribution in [3.05, 3.63) is 29.7 Å². The van der Waals surface area contributed by atoms with E-state index in [1.807, 2.05) is 6.20 Å². The summed E-state index contributed by atoms with van der Waals surface area (Å²) < 4.78 is 1.64. The molecule has 15 heavy (non-hydrogen) atoms. The summed E-state index contributed by atoms with van der Waals surface area (Å²) in [6, 6.07) is 0. The third kappa shape index (κ3) is 1.63. The van der Waals surface area contributed by atoms with Gasteiger partial charge in [0.1, 0.15) is 0 Å². The number of nitrogens with zero attached hydrogens (tertiary/aromatic N) is 3. The van der Waals surface area contributed by atoms with Gasteiger partial charge in [-0.2, -0.15) is 5.10 Å². The molecule has 0 N–H and O–H groups in total. The Morgan fingerprint density at radius 3 is 2.67 bits per heavy atom. The van der Waals surface area contributed by atoms with Gasteiger partial charge in [0, 0.05) is 12.4 Å². The highest BCUT2D eigenvalue weighted by molar-refractivity contribution is 5.83. The van der Waals surface area contributed by atoms with Crippen molar-refractivity contribution in [1.82, 2.24) is 14.6 Å². The summed E-state index contributed by atoms with van der Waals surface area (Å²) in [5, 5.41) is 4.09. The Balaban J connectivity index is 2.63. The highest BCUT2D eigenvalue weighted by Gasteiger charge is 2.15. The Morgan fingerprint density at radius 1 is 1.33 bits per heavy atom. The second-order valence-electron chi connectivity index (χ2n) is 4.58. The molecule has 4 heteroatoms. The Kier molecular flexibility index (Phi) is 2.07. The highest BCUT2D eigenvalue weighted by Crippen LogP contribution is 2.21. The quantitative estimate of drug-likeness (QED) is 0.664. The minimum Gasteiger partial charge on any atom is -0.298 e. The van der Waals surface area contributed by atoms with Crippen molar-refractivity contribution in [3.8, 4) is 0 Å². The maximum Gasteiger partial charge on any atom is 0.165 e. The normalized spacial score (nSPS) is 11.9. The molecule has 0 saturated heterocycles. The van der Waals surface area contributed by atoms with Crippen LogP contribution in [0.25, 0.3) is 5.65 Å². The van der Waals surface area contributed by atoms with E-state index >= 15 is 0 Å². The molecule has 0 unspecified atom stereocenters. The zero-order valence-electron chi connectivity index (χ0n) is 9.06. The van der Waals surface area contributed by atoms with E-state index in [0.29, 0.717) is 11.2 Å². The molecule has 0 amide bonds. The monoisotopic (exact) mass is 203 g/mol. The first-order chi connectivity index (χ1) is 7.02. The molecule has 0 aromatic carbocycles. The number of carbonyl (C=O) groups is 1. The largest absolute Gasteiger partial charge is 0.298 e. The van der Waals surface area contributed by atoms with Crippen molar-refractivity contribution < 1.29 is 4.79 Å². The third-order valence-electron chi connectivity index (χ3n) is 2.38. The maximum atomic E-state index is 10.7. The Morgan fingerprint density at radius 2 is 2.07 bits per heavy atom. The zero-order valence-corrected chi connectivity index (χ0v) is 9.06. The number of hydrogen-bond donors (Lipinski definition) is 0. The second-order valence-corrected chi connectivity index (χ2v) is 4.58. The topological polar surface area (TPSA) is 47.3 Å². The lowest BCUT2D eigenvalue weighted by Crippen LogP contribution is -2.13. The number of carbonyl (C=O) groups excluding carboxylic acids is 1. The van der Waals surface area contributed by atoms with Crippen molar-refractivity contribution in [2.75, 3.05) is 0 Å². The van der Waals surface area contributed by atoms with Crippen LogP contribution in [-0.2, 0) is 5.41 Å². The van der Waals surface area contributed by atoms with Gasteiger partial charge in [0.15, 0.2) is 11.9 Å². The number of rotatable bonds is 1. The maximum absolute atomic E-state index is 10.7. The van der Waals surface area contributed by atoms with E-state index in [1.54, 1.807) is 10.7 Å².